The highest BCUT2D eigenvalue weighted by Crippen LogP contribution is 2.25. The molecule has 0 aromatic heterocycles. The maximum Gasteiger partial charge on any atom is 0.242 e. The third-order valence-corrected chi connectivity index (χ3v) is 4.19. The summed E-state index contributed by atoms with van der Waals surface area (Å²) >= 11 is 0. The SMILES string of the molecule is CN1CCN([C@H](C(=O)NC2CC2)c2ccccc2)CC1. The van der Waals surface area contributed by atoms with Gasteiger partial charge >= 0.3 is 0 Å². The highest BCUT2D eigenvalue weighted by molar-refractivity contribution is 5.83. The molecule has 3 rings (SSSR count). The Morgan fingerprint density at radius 2 is 1.80 bits per heavy atom. The molecule has 0 spiro atoms. The number of nitrogens with zero attached hydrogens (tertiary/aromatic N) is 2. The normalized spacial score (nSPS) is 22.4. The zero-order valence-electron chi connectivity index (χ0n) is 12.1. The molecule has 4 nitrogen and oxygen atoms in total. The van der Waals surface area contributed by atoms with Crippen molar-refractivity contribution in [3.8, 4) is 0 Å². The fraction of sp³-hybridized carbons (Fsp3) is 0.562. The monoisotopic (exact) mass is 273 g/mol. The summed E-state index contributed by atoms with van der Waals surface area (Å²) < 4.78 is 0. The molecular formula is C16H23N3O. The molecule has 108 valence electrons. The van der Waals surface area contributed by atoms with Crippen LogP contribution in [0, 0.1) is 0 Å². The Morgan fingerprint density at radius 1 is 1.15 bits per heavy atom. The number of rotatable bonds is 4. The van der Waals surface area contributed by atoms with E-state index in [-0.39, 0.29) is 11.9 Å². The van der Waals surface area contributed by atoms with Gasteiger partial charge in [-0.15, -0.1) is 0 Å². The molecule has 4 heteroatoms. The number of hydrogen-bond donors (Lipinski definition) is 1. The second kappa shape index (κ2) is 5.94. The van der Waals surface area contributed by atoms with Crippen LogP contribution in [-0.4, -0.2) is 55.0 Å². The Labute approximate surface area is 120 Å². The minimum Gasteiger partial charge on any atom is -0.352 e. The van der Waals surface area contributed by atoms with Gasteiger partial charge in [0.05, 0.1) is 0 Å². The second-order valence-corrected chi connectivity index (χ2v) is 5.94. The van der Waals surface area contributed by atoms with E-state index in [9.17, 15) is 4.79 Å². The van der Waals surface area contributed by atoms with E-state index in [0.29, 0.717) is 6.04 Å². The van der Waals surface area contributed by atoms with E-state index in [4.69, 9.17) is 0 Å². The predicted octanol–water partition coefficient (Wildman–Crippen LogP) is 1.25. The maximum atomic E-state index is 12.6. The number of hydrogen-bond acceptors (Lipinski definition) is 3. The molecule has 0 unspecified atom stereocenters. The van der Waals surface area contributed by atoms with E-state index in [0.717, 1.165) is 44.6 Å². The van der Waals surface area contributed by atoms with E-state index in [1.807, 2.05) is 18.2 Å². The van der Waals surface area contributed by atoms with Gasteiger partial charge < -0.3 is 10.2 Å². The van der Waals surface area contributed by atoms with Gasteiger partial charge in [0.25, 0.3) is 0 Å². The minimum atomic E-state index is -0.134. The molecule has 2 aliphatic rings. The first-order valence-corrected chi connectivity index (χ1v) is 7.52. The first-order valence-electron chi connectivity index (χ1n) is 7.52. The van der Waals surface area contributed by atoms with E-state index >= 15 is 0 Å². The first kappa shape index (κ1) is 13.6. The van der Waals surface area contributed by atoms with Gasteiger partial charge in [-0.1, -0.05) is 30.3 Å². The average molecular weight is 273 g/mol. The van der Waals surface area contributed by atoms with Gasteiger partial charge in [-0.25, -0.2) is 0 Å². The summed E-state index contributed by atoms with van der Waals surface area (Å²) in [4.78, 5) is 17.2. The predicted molar refractivity (Wildman–Crippen MR) is 79.4 cm³/mol. The molecular weight excluding hydrogens is 250 g/mol. The topological polar surface area (TPSA) is 35.6 Å². The molecule has 1 aliphatic heterocycles. The number of piperazine rings is 1. The van der Waals surface area contributed by atoms with Gasteiger partial charge in [0.1, 0.15) is 6.04 Å². The Morgan fingerprint density at radius 3 is 2.40 bits per heavy atom. The number of likely N-dealkylation sites (N-methyl/N-ethyl adjacent to an activating group) is 1. The van der Waals surface area contributed by atoms with Gasteiger partial charge in [0.15, 0.2) is 0 Å². The third-order valence-electron chi connectivity index (χ3n) is 4.19. The van der Waals surface area contributed by atoms with Crippen LogP contribution in [0.15, 0.2) is 30.3 Å². The molecule has 1 N–H and O–H groups in total. The second-order valence-electron chi connectivity index (χ2n) is 5.94. The van der Waals surface area contributed by atoms with Crippen molar-refractivity contribution >= 4 is 5.91 Å². The zero-order chi connectivity index (χ0) is 13.9. The Kier molecular flexibility index (Phi) is 4.03. The molecule has 1 saturated carbocycles. The van der Waals surface area contributed by atoms with Crippen molar-refractivity contribution in [1.29, 1.82) is 0 Å². The number of carbonyl (C=O) groups is 1. The lowest BCUT2D eigenvalue weighted by atomic mass is 10.0. The summed E-state index contributed by atoms with van der Waals surface area (Å²) in [7, 11) is 2.14. The van der Waals surface area contributed by atoms with Crippen molar-refractivity contribution in [3.63, 3.8) is 0 Å². The van der Waals surface area contributed by atoms with Crippen LogP contribution in [0.25, 0.3) is 0 Å². The molecule has 20 heavy (non-hydrogen) atoms. The smallest absolute Gasteiger partial charge is 0.242 e. The molecule has 1 aromatic rings. The van der Waals surface area contributed by atoms with Crippen LogP contribution < -0.4 is 5.32 Å². The summed E-state index contributed by atoms with van der Waals surface area (Å²) in [6.07, 6.45) is 2.27. The summed E-state index contributed by atoms with van der Waals surface area (Å²) in [5, 5.41) is 3.17. The number of benzene rings is 1. The van der Waals surface area contributed by atoms with Gasteiger partial charge in [0.2, 0.25) is 5.91 Å². The summed E-state index contributed by atoms with van der Waals surface area (Å²) in [6, 6.07) is 10.5. The van der Waals surface area contributed by atoms with Crippen molar-refractivity contribution in [2.45, 2.75) is 24.9 Å². The zero-order valence-corrected chi connectivity index (χ0v) is 12.1. The standard InChI is InChI=1S/C16H23N3O/c1-18-9-11-19(12-10-18)15(13-5-3-2-4-6-13)16(20)17-14-7-8-14/h2-6,14-15H,7-12H2,1H3,(H,17,20)/t15-/m0/s1. The maximum absolute atomic E-state index is 12.6. The molecule has 0 bridgehead atoms. The number of amides is 1. The van der Waals surface area contributed by atoms with E-state index in [1.165, 1.54) is 0 Å². The summed E-state index contributed by atoms with van der Waals surface area (Å²) in [5.74, 6) is 0.170. The molecule has 1 aliphatic carbocycles. The number of nitrogens with one attached hydrogen (secondary N) is 1. The third kappa shape index (κ3) is 3.19. The van der Waals surface area contributed by atoms with Crippen molar-refractivity contribution < 1.29 is 4.79 Å². The molecule has 1 amide bonds. The van der Waals surface area contributed by atoms with Gasteiger partial charge in [0, 0.05) is 32.2 Å². The lowest BCUT2D eigenvalue weighted by Crippen LogP contribution is -2.50. The van der Waals surface area contributed by atoms with Crippen molar-refractivity contribution in [2.24, 2.45) is 0 Å². The van der Waals surface area contributed by atoms with Crippen LogP contribution in [-0.2, 0) is 4.79 Å². The first-order chi connectivity index (χ1) is 9.74. The number of carbonyl (C=O) groups excluding carboxylic acids is 1. The minimum absolute atomic E-state index is 0.134. The van der Waals surface area contributed by atoms with E-state index in [2.05, 4.69) is 34.3 Å². The van der Waals surface area contributed by atoms with Crippen LogP contribution in [0.1, 0.15) is 24.4 Å². The molecule has 1 heterocycles. The van der Waals surface area contributed by atoms with Crippen LogP contribution >= 0.6 is 0 Å². The lowest BCUT2D eigenvalue weighted by molar-refractivity contribution is -0.127. The van der Waals surface area contributed by atoms with Gasteiger partial charge in [-0.05, 0) is 25.5 Å². The Balaban J connectivity index is 1.77. The van der Waals surface area contributed by atoms with Crippen molar-refractivity contribution in [1.82, 2.24) is 15.1 Å². The van der Waals surface area contributed by atoms with Crippen molar-refractivity contribution in [2.75, 3.05) is 33.2 Å². The van der Waals surface area contributed by atoms with Crippen LogP contribution in [0.3, 0.4) is 0 Å². The Hall–Kier alpha value is -1.39. The summed E-state index contributed by atoms with van der Waals surface area (Å²) in [6.45, 7) is 3.96. The molecule has 1 saturated heterocycles. The highest BCUT2D eigenvalue weighted by atomic mass is 16.2. The van der Waals surface area contributed by atoms with E-state index < -0.39 is 0 Å². The highest BCUT2D eigenvalue weighted by Gasteiger charge is 2.33. The molecule has 1 atom stereocenters. The van der Waals surface area contributed by atoms with Gasteiger partial charge in [-0.3, -0.25) is 9.69 Å². The summed E-state index contributed by atoms with van der Waals surface area (Å²) in [5.41, 5.74) is 1.11. The van der Waals surface area contributed by atoms with Gasteiger partial charge in [-0.2, -0.15) is 0 Å². The molecule has 2 fully saturated rings. The largest absolute Gasteiger partial charge is 0.352 e. The quantitative estimate of drug-likeness (QED) is 0.897. The van der Waals surface area contributed by atoms with Crippen LogP contribution in [0.2, 0.25) is 0 Å². The van der Waals surface area contributed by atoms with Crippen LogP contribution in [0.4, 0.5) is 0 Å². The fourth-order valence-corrected chi connectivity index (χ4v) is 2.75. The van der Waals surface area contributed by atoms with Crippen molar-refractivity contribution in [3.05, 3.63) is 35.9 Å². The average Bonchev–Trinajstić information content (AvgIpc) is 3.26. The lowest BCUT2D eigenvalue weighted by Gasteiger charge is -2.37. The van der Waals surface area contributed by atoms with Crippen LogP contribution in [0.5, 0.6) is 0 Å². The van der Waals surface area contributed by atoms with E-state index in [1.54, 1.807) is 0 Å². The molecule has 0 radical (unpaired) electrons. The fourth-order valence-electron chi connectivity index (χ4n) is 2.75. The molecule has 1 aromatic carbocycles. The Bertz CT molecular complexity index is 450.